The van der Waals surface area contributed by atoms with E-state index in [1.165, 1.54) is 0 Å². The molecule has 0 atom stereocenters. The van der Waals surface area contributed by atoms with Gasteiger partial charge in [0.15, 0.2) is 0 Å². The third-order valence-corrected chi connectivity index (χ3v) is 1.59. The standard InChI is InChI=1S/C8H10O2/c1-6-7(5-9)3-2-4-8(6)10/h2-4,9-10H,5H2,1H3. The maximum Gasteiger partial charge on any atom is 0.118 e. The molecule has 1 rings (SSSR count). The van der Waals surface area contributed by atoms with Gasteiger partial charge in [-0.3, -0.25) is 0 Å². The van der Waals surface area contributed by atoms with Crippen molar-refractivity contribution in [1.82, 2.24) is 0 Å². The maximum atomic E-state index is 9.12. The number of rotatable bonds is 1. The smallest absolute Gasteiger partial charge is 0.118 e. The highest BCUT2D eigenvalue weighted by Crippen LogP contribution is 2.18. The van der Waals surface area contributed by atoms with Gasteiger partial charge < -0.3 is 10.2 Å². The lowest BCUT2D eigenvalue weighted by Gasteiger charge is -2.02. The van der Waals surface area contributed by atoms with Crippen LogP contribution in [0.25, 0.3) is 0 Å². The summed E-state index contributed by atoms with van der Waals surface area (Å²) in [5, 5.41) is 17.9. The lowest BCUT2D eigenvalue weighted by atomic mass is 10.1. The summed E-state index contributed by atoms with van der Waals surface area (Å²) in [4.78, 5) is 0. The molecular weight excluding hydrogens is 128 g/mol. The van der Waals surface area contributed by atoms with Gasteiger partial charge >= 0.3 is 0 Å². The first-order chi connectivity index (χ1) is 4.75. The van der Waals surface area contributed by atoms with E-state index in [1.54, 1.807) is 25.1 Å². The van der Waals surface area contributed by atoms with Crippen LogP contribution in [0.4, 0.5) is 0 Å². The second-order valence-electron chi connectivity index (χ2n) is 2.22. The van der Waals surface area contributed by atoms with E-state index in [-0.39, 0.29) is 12.4 Å². The number of phenolic OH excluding ortho intramolecular Hbond substituents is 1. The van der Waals surface area contributed by atoms with Crippen LogP contribution in [-0.4, -0.2) is 10.2 Å². The first kappa shape index (κ1) is 7.09. The van der Waals surface area contributed by atoms with Gasteiger partial charge in [-0.2, -0.15) is 0 Å². The van der Waals surface area contributed by atoms with Crippen LogP contribution in [0.3, 0.4) is 0 Å². The number of hydrogen-bond donors (Lipinski definition) is 2. The van der Waals surface area contributed by atoms with Gasteiger partial charge in [0.25, 0.3) is 0 Å². The highest BCUT2D eigenvalue weighted by Gasteiger charge is 1.98. The van der Waals surface area contributed by atoms with Crippen molar-refractivity contribution < 1.29 is 10.2 Å². The summed E-state index contributed by atoms with van der Waals surface area (Å²) in [6, 6.07) is 5.11. The Kier molecular flexibility index (Phi) is 1.92. The van der Waals surface area contributed by atoms with Crippen molar-refractivity contribution in [2.45, 2.75) is 13.5 Å². The monoisotopic (exact) mass is 138 g/mol. The summed E-state index contributed by atoms with van der Waals surface area (Å²) in [5.41, 5.74) is 1.53. The number of aliphatic hydroxyl groups is 1. The molecule has 1 aromatic rings. The second kappa shape index (κ2) is 2.71. The van der Waals surface area contributed by atoms with Crippen molar-refractivity contribution >= 4 is 0 Å². The average Bonchev–Trinajstić information content (AvgIpc) is 1.95. The van der Waals surface area contributed by atoms with Crippen molar-refractivity contribution in [3.8, 4) is 5.75 Å². The summed E-state index contributed by atoms with van der Waals surface area (Å²) in [6.07, 6.45) is 0. The van der Waals surface area contributed by atoms with Crippen molar-refractivity contribution in [3.63, 3.8) is 0 Å². The van der Waals surface area contributed by atoms with Gasteiger partial charge in [-0.15, -0.1) is 0 Å². The summed E-state index contributed by atoms with van der Waals surface area (Å²) in [7, 11) is 0. The number of hydrogen-bond acceptors (Lipinski definition) is 2. The molecule has 0 aliphatic rings. The predicted molar refractivity (Wildman–Crippen MR) is 38.8 cm³/mol. The first-order valence-corrected chi connectivity index (χ1v) is 3.14. The molecule has 0 aromatic heterocycles. The summed E-state index contributed by atoms with van der Waals surface area (Å²) >= 11 is 0. The van der Waals surface area contributed by atoms with Crippen molar-refractivity contribution in [1.29, 1.82) is 0 Å². The van der Waals surface area contributed by atoms with E-state index in [4.69, 9.17) is 10.2 Å². The van der Waals surface area contributed by atoms with Crippen LogP contribution in [0.1, 0.15) is 11.1 Å². The molecule has 0 heterocycles. The Balaban J connectivity index is 3.14. The Labute approximate surface area is 59.7 Å². The molecule has 2 N–H and O–H groups in total. The van der Waals surface area contributed by atoms with E-state index >= 15 is 0 Å². The number of benzene rings is 1. The van der Waals surface area contributed by atoms with Crippen LogP contribution >= 0.6 is 0 Å². The Morgan fingerprint density at radius 2 is 2.10 bits per heavy atom. The molecule has 10 heavy (non-hydrogen) atoms. The fourth-order valence-corrected chi connectivity index (χ4v) is 0.841. The van der Waals surface area contributed by atoms with Gasteiger partial charge in [0.2, 0.25) is 0 Å². The zero-order valence-corrected chi connectivity index (χ0v) is 5.83. The Hall–Kier alpha value is -1.02. The van der Waals surface area contributed by atoms with Crippen molar-refractivity contribution in [2.24, 2.45) is 0 Å². The molecule has 0 saturated heterocycles. The molecule has 0 bridgehead atoms. The molecule has 0 aliphatic carbocycles. The van der Waals surface area contributed by atoms with Gasteiger partial charge in [0.1, 0.15) is 5.75 Å². The lowest BCUT2D eigenvalue weighted by Crippen LogP contribution is -1.87. The van der Waals surface area contributed by atoms with Gasteiger partial charge in [-0.05, 0) is 24.1 Å². The van der Waals surface area contributed by atoms with E-state index in [1.807, 2.05) is 0 Å². The average molecular weight is 138 g/mol. The summed E-state index contributed by atoms with van der Waals surface area (Å²) in [5.74, 6) is 0.242. The molecule has 0 saturated carbocycles. The fourth-order valence-electron chi connectivity index (χ4n) is 0.841. The maximum absolute atomic E-state index is 9.12. The van der Waals surface area contributed by atoms with Crippen LogP contribution in [0.5, 0.6) is 5.75 Å². The lowest BCUT2D eigenvalue weighted by molar-refractivity contribution is 0.280. The SMILES string of the molecule is Cc1c(O)cccc1CO. The van der Waals surface area contributed by atoms with Gasteiger partial charge in [-0.25, -0.2) is 0 Å². The number of aromatic hydroxyl groups is 1. The molecular formula is C8H10O2. The van der Waals surface area contributed by atoms with Gasteiger partial charge in [-0.1, -0.05) is 12.1 Å². The zero-order valence-electron chi connectivity index (χ0n) is 5.83. The highest BCUT2D eigenvalue weighted by molar-refractivity contribution is 5.37. The minimum atomic E-state index is -0.0137. The van der Waals surface area contributed by atoms with Crippen LogP contribution in [0.15, 0.2) is 18.2 Å². The molecule has 54 valence electrons. The molecule has 0 spiro atoms. The zero-order chi connectivity index (χ0) is 7.56. The van der Waals surface area contributed by atoms with Gasteiger partial charge in [0.05, 0.1) is 6.61 Å². The first-order valence-electron chi connectivity index (χ1n) is 3.14. The minimum Gasteiger partial charge on any atom is -0.508 e. The quantitative estimate of drug-likeness (QED) is 0.612. The Morgan fingerprint density at radius 1 is 1.40 bits per heavy atom. The Morgan fingerprint density at radius 3 is 2.60 bits per heavy atom. The largest absolute Gasteiger partial charge is 0.508 e. The molecule has 0 radical (unpaired) electrons. The van der Waals surface area contributed by atoms with Crippen LogP contribution in [0, 0.1) is 6.92 Å². The molecule has 0 unspecified atom stereocenters. The molecule has 0 aliphatic heterocycles. The topological polar surface area (TPSA) is 40.5 Å². The summed E-state index contributed by atoms with van der Waals surface area (Å²) < 4.78 is 0. The van der Waals surface area contributed by atoms with E-state index in [2.05, 4.69) is 0 Å². The second-order valence-corrected chi connectivity index (χ2v) is 2.22. The van der Waals surface area contributed by atoms with Crippen molar-refractivity contribution in [3.05, 3.63) is 29.3 Å². The predicted octanol–water partition coefficient (Wildman–Crippen LogP) is 1.19. The van der Waals surface area contributed by atoms with Crippen molar-refractivity contribution in [2.75, 3.05) is 0 Å². The molecule has 0 fully saturated rings. The Bertz CT molecular complexity index is 231. The van der Waals surface area contributed by atoms with Gasteiger partial charge in [0, 0.05) is 0 Å². The highest BCUT2D eigenvalue weighted by atomic mass is 16.3. The van der Waals surface area contributed by atoms with E-state index in [0.29, 0.717) is 0 Å². The number of aliphatic hydroxyl groups excluding tert-OH is 1. The van der Waals surface area contributed by atoms with E-state index in [9.17, 15) is 0 Å². The molecule has 2 nitrogen and oxygen atoms in total. The normalized spacial score (nSPS) is 9.80. The molecule has 1 aromatic carbocycles. The van der Waals surface area contributed by atoms with Crippen LogP contribution < -0.4 is 0 Å². The number of phenols is 1. The third-order valence-electron chi connectivity index (χ3n) is 1.59. The van der Waals surface area contributed by atoms with E-state index < -0.39 is 0 Å². The minimum absolute atomic E-state index is 0.0137. The van der Waals surface area contributed by atoms with E-state index in [0.717, 1.165) is 11.1 Å². The van der Waals surface area contributed by atoms with Crippen LogP contribution in [-0.2, 0) is 6.61 Å². The fraction of sp³-hybridized carbons (Fsp3) is 0.250. The summed E-state index contributed by atoms with van der Waals surface area (Å²) in [6.45, 7) is 1.76. The molecule has 2 heteroatoms. The van der Waals surface area contributed by atoms with Crippen LogP contribution in [0.2, 0.25) is 0 Å². The third kappa shape index (κ3) is 1.11. The molecule has 0 amide bonds.